The summed E-state index contributed by atoms with van der Waals surface area (Å²) < 4.78 is 7.00. The zero-order chi connectivity index (χ0) is 15.8. The summed E-state index contributed by atoms with van der Waals surface area (Å²) in [5.41, 5.74) is 0.866. The summed E-state index contributed by atoms with van der Waals surface area (Å²) in [6.45, 7) is 3.35. The zero-order valence-electron chi connectivity index (χ0n) is 13.6. The number of nitrogens with zero attached hydrogens (tertiary/aromatic N) is 4. The van der Waals surface area contributed by atoms with E-state index in [4.69, 9.17) is 4.74 Å². The molecule has 1 saturated carbocycles. The number of carbonyl (C=O) groups excluding carboxylic acids is 1. The number of amides is 1. The minimum absolute atomic E-state index is 0.181. The van der Waals surface area contributed by atoms with Gasteiger partial charge in [0, 0.05) is 25.7 Å². The van der Waals surface area contributed by atoms with E-state index in [0.717, 1.165) is 51.0 Å². The number of piperidine rings is 3. The molecule has 23 heavy (non-hydrogen) atoms. The molecule has 1 aliphatic carbocycles. The Labute approximate surface area is 136 Å². The predicted octanol–water partition coefficient (Wildman–Crippen LogP) is 0.414. The first-order valence-electron chi connectivity index (χ1n) is 8.65. The lowest BCUT2D eigenvalue weighted by Crippen LogP contribution is -2.58. The van der Waals surface area contributed by atoms with Crippen molar-refractivity contribution < 1.29 is 9.53 Å². The second-order valence-electron chi connectivity index (χ2n) is 7.19. The summed E-state index contributed by atoms with van der Waals surface area (Å²) >= 11 is 0. The van der Waals surface area contributed by atoms with Gasteiger partial charge in [-0.15, -0.1) is 5.10 Å². The molecule has 0 aromatic carbocycles. The van der Waals surface area contributed by atoms with Crippen LogP contribution in [0.25, 0.3) is 0 Å². The molecule has 1 amide bonds. The molecule has 7 nitrogen and oxygen atoms in total. The van der Waals surface area contributed by atoms with E-state index >= 15 is 0 Å². The lowest BCUT2D eigenvalue weighted by molar-refractivity contribution is -0.133. The fourth-order valence-corrected chi connectivity index (χ4v) is 4.02. The highest BCUT2D eigenvalue weighted by molar-refractivity contribution is 5.80. The van der Waals surface area contributed by atoms with Gasteiger partial charge < -0.3 is 10.1 Å². The van der Waals surface area contributed by atoms with Gasteiger partial charge in [0.25, 0.3) is 0 Å². The van der Waals surface area contributed by atoms with Crippen LogP contribution in [0, 0.1) is 11.8 Å². The van der Waals surface area contributed by atoms with Crippen LogP contribution in [-0.2, 0) is 22.7 Å². The van der Waals surface area contributed by atoms with Crippen LogP contribution < -0.4 is 5.32 Å². The number of aromatic nitrogens is 3. The highest BCUT2D eigenvalue weighted by Gasteiger charge is 2.44. The molecule has 3 aliphatic heterocycles. The fraction of sp³-hybridized carbons (Fsp3) is 0.812. The summed E-state index contributed by atoms with van der Waals surface area (Å²) in [7, 11) is 1.66. The van der Waals surface area contributed by atoms with Crippen LogP contribution in [0.5, 0.6) is 0 Å². The van der Waals surface area contributed by atoms with Crippen LogP contribution in [0.2, 0.25) is 0 Å². The number of rotatable bonds is 6. The second-order valence-corrected chi connectivity index (χ2v) is 7.19. The highest BCUT2D eigenvalue weighted by atomic mass is 16.5. The lowest BCUT2D eigenvalue weighted by atomic mass is 9.75. The van der Waals surface area contributed by atoms with Gasteiger partial charge in [0.2, 0.25) is 5.91 Å². The molecule has 126 valence electrons. The first-order chi connectivity index (χ1) is 11.2. The van der Waals surface area contributed by atoms with Crippen molar-refractivity contribution >= 4 is 5.91 Å². The first-order valence-corrected chi connectivity index (χ1v) is 8.65. The number of hydrogen-bond acceptors (Lipinski definition) is 5. The molecular weight excluding hydrogens is 294 g/mol. The van der Waals surface area contributed by atoms with Gasteiger partial charge in [0.15, 0.2) is 0 Å². The second kappa shape index (κ2) is 6.20. The van der Waals surface area contributed by atoms with Crippen LogP contribution in [0.3, 0.4) is 0 Å². The zero-order valence-corrected chi connectivity index (χ0v) is 13.6. The van der Waals surface area contributed by atoms with E-state index in [9.17, 15) is 4.79 Å². The summed E-state index contributed by atoms with van der Waals surface area (Å²) in [6.07, 6.45) is 6.51. The molecule has 0 radical (unpaired) electrons. The molecule has 4 heterocycles. The van der Waals surface area contributed by atoms with Crippen molar-refractivity contribution in [3.8, 4) is 0 Å². The van der Waals surface area contributed by atoms with Gasteiger partial charge in [-0.05, 0) is 38.1 Å². The number of hydrogen-bond donors (Lipinski definition) is 1. The molecule has 4 aliphatic rings. The largest absolute Gasteiger partial charge is 0.378 e. The standard InChI is InChI=1S/C16H25N5O2/c1-23-10-13-7-21(19-18-13)8-14-6-11-4-5-20(14)9-15(11)16(22)17-12-2-3-12/h7,11-12,14-15H,2-6,8-10H2,1H3,(H,17,22)/t11?,14-,15+/m1/s1. The van der Waals surface area contributed by atoms with E-state index in [0.29, 0.717) is 24.6 Å². The Morgan fingerprint density at radius 3 is 3.00 bits per heavy atom. The molecule has 7 heteroatoms. The molecule has 1 N–H and O–H groups in total. The quantitative estimate of drug-likeness (QED) is 0.822. The third-order valence-corrected chi connectivity index (χ3v) is 5.42. The summed E-state index contributed by atoms with van der Waals surface area (Å²) in [6, 6.07) is 0.930. The maximum atomic E-state index is 12.4. The predicted molar refractivity (Wildman–Crippen MR) is 83.5 cm³/mol. The van der Waals surface area contributed by atoms with Crippen molar-refractivity contribution in [1.29, 1.82) is 0 Å². The van der Waals surface area contributed by atoms with Gasteiger partial charge in [-0.25, -0.2) is 0 Å². The molecule has 0 spiro atoms. The number of methoxy groups -OCH3 is 1. The third-order valence-electron chi connectivity index (χ3n) is 5.42. The lowest BCUT2D eigenvalue weighted by Gasteiger charge is -2.49. The van der Waals surface area contributed by atoms with Crippen LogP contribution in [0.15, 0.2) is 6.20 Å². The van der Waals surface area contributed by atoms with Crippen LogP contribution in [-0.4, -0.2) is 58.1 Å². The normalized spacial score (nSPS) is 32.9. The van der Waals surface area contributed by atoms with Crippen molar-refractivity contribution in [2.45, 2.75) is 50.9 Å². The van der Waals surface area contributed by atoms with Crippen LogP contribution in [0.4, 0.5) is 0 Å². The van der Waals surface area contributed by atoms with Crippen molar-refractivity contribution in [3.05, 3.63) is 11.9 Å². The first kappa shape index (κ1) is 15.1. The summed E-state index contributed by atoms with van der Waals surface area (Å²) in [4.78, 5) is 14.9. The summed E-state index contributed by atoms with van der Waals surface area (Å²) in [5.74, 6) is 0.981. The Balaban J connectivity index is 1.36. The average molecular weight is 319 g/mol. The topological polar surface area (TPSA) is 72.3 Å². The third kappa shape index (κ3) is 3.26. The van der Waals surface area contributed by atoms with Crippen LogP contribution >= 0.6 is 0 Å². The molecule has 1 aromatic heterocycles. The molecule has 3 saturated heterocycles. The smallest absolute Gasteiger partial charge is 0.224 e. The van der Waals surface area contributed by atoms with Crippen molar-refractivity contribution in [2.75, 3.05) is 20.2 Å². The number of carbonyl (C=O) groups is 1. The highest BCUT2D eigenvalue weighted by Crippen LogP contribution is 2.37. The fourth-order valence-electron chi connectivity index (χ4n) is 4.02. The summed E-state index contributed by atoms with van der Waals surface area (Å²) in [5, 5.41) is 11.5. The van der Waals surface area contributed by atoms with Crippen molar-refractivity contribution in [3.63, 3.8) is 0 Å². The Bertz CT molecular complexity index is 571. The monoisotopic (exact) mass is 319 g/mol. The Morgan fingerprint density at radius 2 is 2.30 bits per heavy atom. The van der Waals surface area contributed by atoms with E-state index in [1.807, 2.05) is 10.9 Å². The van der Waals surface area contributed by atoms with Gasteiger partial charge in [-0.2, -0.15) is 0 Å². The van der Waals surface area contributed by atoms with Gasteiger partial charge >= 0.3 is 0 Å². The van der Waals surface area contributed by atoms with E-state index in [1.54, 1.807) is 7.11 Å². The maximum absolute atomic E-state index is 12.4. The number of fused-ring (bicyclic) bond motifs is 3. The van der Waals surface area contributed by atoms with Gasteiger partial charge in [0.05, 0.1) is 25.3 Å². The Hall–Kier alpha value is -1.47. The van der Waals surface area contributed by atoms with E-state index in [1.165, 1.54) is 0 Å². The van der Waals surface area contributed by atoms with Crippen molar-refractivity contribution in [2.24, 2.45) is 11.8 Å². The Morgan fingerprint density at radius 1 is 1.43 bits per heavy atom. The van der Waals surface area contributed by atoms with Crippen LogP contribution in [0.1, 0.15) is 31.4 Å². The molecule has 2 bridgehead atoms. The van der Waals surface area contributed by atoms with E-state index in [2.05, 4.69) is 20.5 Å². The molecular formula is C16H25N5O2. The van der Waals surface area contributed by atoms with Gasteiger partial charge in [-0.1, -0.05) is 5.21 Å². The van der Waals surface area contributed by atoms with Gasteiger partial charge in [0.1, 0.15) is 5.69 Å². The molecule has 5 rings (SSSR count). The molecule has 4 atom stereocenters. The molecule has 4 fully saturated rings. The maximum Gasteiger partial charge on any atom is 0.224 e. The minimum Gasteiger partial charge on any atom is -0.378 e. The Kier molecular flexibility index (Phi) is 4.07. The van der Waals surface area contributed by atoms with E-state index in [-0.39, 0.29) is 11.8 Å². The van der Waals surface area contributed by atoms with Crippen molar-refractivity contribution in [1.82, 2.24) is 25.2 Å². The molecule has 2 unspecified atom stereocenters. The van der Waals surface area contributed by atoms with E-state index < -0.39 is 0 Å². The number of nitrogens with one attached hydrogen (secondary N) is 1. The SMILES string of the molecule is COCc1cn(C[C@H]2CC3CCN2C[C@@H]3C(=O)NC2CC2)nn1. The number of ether oxygens (including phenoxy) is 1. The van der Waals surface area contributed by atoms with Gasteiger partial charge in [-0.3, -0.25) is 14.4 Å². The molecule has 1 aromatic rings. The average Bonchev–Trinajstić information content (AvgIpc) is 3.27. The minimum atomic E-state index is 0.181.